The van der Waals surface area contributed by atoms with Crippen LogP contribution in [0.5, 0.6) is 0 Å². The highest BCUT2D eigenvalue weighted by Crippen LogP contribution is 2.28. The molecule has 0 amide bonds. The first kappa shape index (κ1) is 17.2. The molecule has 0 saturated heterocycles. The molecule has 3 nitrogen and oxygen atoms in total. The fraction of sp³-hybridized carbons (Fsp3) is 0.273. The van der Waals surface area contributed by atoms with Gasteiger partial charge in [-0.1, -0.05) is 75.4 Å². The molecule has 0 radical (unpaired) electrons. The molecule has 0 unspecified atom stereocenters. The number of nitrogens with one attached hydrogen (secondary N) is 1. The number of hydrogen-bond acceptors (Lipinski definition) is 2. The van der Waals surface area contributed by atoms with Crippen molar-refractivity contribution in [3.63, 3.8) is 0 Å². The minimum absolute atomic E-state index is 0.0959. The van der Waals surface area contributed by atoms with Crippen molar-refractivity contribution in [3.05, 3.63) is 76.2 Å². The van der Waals surface area contributed by atoms with Crippen LogP contribution in [0.2, 0.25) is 0 Å². The van der Waals surface area contributed by atoms with Gasteiger partial charge >= 0.3 is 0 Å². The lowest BCUT2D eigenvalue weighted by Gasteiger charge is -2.12. The van der Waals surface area contributed by atoms with E-state index in [-0.39, 0.29) is 5.56 Å². The largest absolute Gasteiger partial charge is 0.319 e. The van der Waals surface area contributed by atoms with Gasteiger partial charge in [-0.25, -0.2) is 4.98 Å². The van der Waals surface area contributed by atoms with E-state index in [1.807, 2.05) is 30.3 Å². The number of hydrogen-bond donors (Lipinski definition) is 1. The first-order chi connectivity index (χ1) is 12.1. The second-order valence-electron chi connectivity index (χ2n) is 6.75. The average Bonchev–Trinajstić information content (AvgIpc) is 2.63. The van der Waals surface area contributed by atoms with Crippen molar-refractivity contribution >= 4 is 0 Å². The average molecular weight is 332 g/mol. The van der Waals surface area contributed by atoms with E-state index in [4.69, 9.17) is 4.98 Å². The Bertz CT molecular complexity index is 894. The van der Waals surface area contributed by atoms with Crippen molar-refractivity contribution in [2.24, 2.45) is 5.92 Å². The first-order valence-electron chi connectivity index (χ1n) is 8.86. The van der Waals surface area contributed by atoms with E-state index in [0.717, 1.165) is 28.9 Å². The maximum atomic E-state index is 12.5. The molecule has 0 saturated carbocycles. The summed E-state index contributed by atoms with van der Waals surface area (Å²) in [5, 5.41) is 0. The van der Waals surface area contributed by atoms with E-state index in [1.165, 1.54) is 5.56 Å². The summed E-state index contributed by atoms with van der Waals surface area (Å²) in [6, 6.07) is 18.3. The monoisotopic (exact) mass is 332 g/mol. The lowest BCUT2D eigenvalue weighted by atomic mass is 10.0. The van der Waals surface area contributed by atoms with Gasteiger partial charge in [0.1, 0.15) is 5.69 Å². The SMILES string of the molecule is CCc1ccc(-c2nc(CC(C)C)c(=O)[nH]c2-c2ccccc2)cc1. The Hall–Kier alpha value is -2.68. The molecule has 2 aromatic carbocycles. The lowest BCUT2D eigenvalue weighted by Crippen LogP contribution is -2.19. The maximum Gasteiger partial charge on any atom is 0.270 e. The Kier molecular flexibility index (Phi) is 5.13. The molecule has 0 aliphatic carbocycles. The van der Waals surface area contributed by atoms with E-state index in [2.05, 4.69) is 50.0 Å². The molecular formula is C22H24N2O. The van der Waals surface area contributed by atoms with Gasteiger partial charge in [0.2, 0.25) is 0 Å². The zero-order chi connectivity index (χ0) is 17.8. The van der Waals surface area contributed by atoms with Crippen molar-refractivity contribution in [3.8, 4) is 22.5 Å². The van der Waals surface area contributed by atoms with Crippen molar-refractivity contribution in [2.75, 3.05) is 0 Å². The van der Waals surface area contributed by atoms with Crippen LogP contribution >= 0.6 is 0 Å². The Morgan fingerprint density at radius 1 is 0.960 bits per heavy atom. The Balaban J connectivity index is 2.19. The van der Waals surface area contributed by atoms with Gasteiger partial charge in [0, 0.05) is 11.1 Å². The molecule has 1 aromatic heterocycles. The summed E-state index contributed by atoms with van der Waals surface area (Å²) in [5.41, 5.74) is 5.41. The van der Waals surface area contributed by atoms with Crippen LogP contribution in [-0.2, 0) is 12.8 Å². The molecule has 1 heterocycles. The fourth-order valence-electron chi connectivity index (χ4n) is 2.93. The van der Waals surface area contributed by atoms with Gasteiger partial charge in [0.25, 0.3) is 5.56 Å². The summed E-state index contributed by atoms with van der Waals surface area (Å²) in [7, 11) is 0. The Labute approximate surface area is 148 Å². The zero-order valence-electron chi connectivity index (χ0n) is 15.0. The number of aromatic nitrogens is 2. The summed E-state index contributed by atoms with van der Waals surface area (Å²) >= 11 is 0. The van der Waals surface area contributed by atoms with Gasteiger partial charge in [-0.05, 0) is 24.3 Å². The standard InChI is InChI=1S/C22H24N2O/c1-4-16-10-12-18(13-11-16)20-21(17-8-6-5-7-9-17)24-22(25)19(23-20)14-15(2)3/h5-13,15H,4,14H2,1-3H3,(H,24,25). The van der Waals surface area contributed by atoms with Gasteiger partial charge in [0.15, 0.2) is 0 Å². The van der Waals surface area contributed by atoms with Crippen LogP contribution < -0.4 is 5.56 Å². The highest BCUT2D eigenvalue weighted by Gasteiger charge is 2.15. The second-order valence-corrected chi connectivity index (χ2v) is 6.75. The van der Waals surface area contributed by atoms with Crippen LogP contribution in [0.25, 0.3) is 22.5 Å². The summed E-state index contributed by atoms with van der Waals surface area (Å²) < 4.78 is 0. The lowest BCUT2D eigenvalue weighted by molar-refractivity contribution is 0.629. The minimum atomic E-state index is -0.0959. The van der Waals surface area contributed by atoms with E-state index in [9.17, 15) is 4.79 Å². The number of benzene rings is 2. The third-order valence-corrected chi connectivity index (χ3v) is 4.28. The molecule has 25 heavy (non-hydrogen) atoms. The quantitative estimate of drug-likeness (QED) is 0.725. The van der Waals surface area contributed by atoms with E-state index in [0.29, 0.717) is 18.0 Å². The second kappa shape index (κ2) is 7.47. The smallest absolute Gasteiger partial charge is 0.270 e. The number of nitrogens with zero attached hydrogens (tertiary/aromatic N) is 1. The summed E-state index contributed by atoms with van der Waals surface area (Å²) in [5.74, 6) is 0.381. The predicted octanol–water partition coefficient (Wildman–Crippen LogP) is 4.86. The zero-order valence-corrected chi connectivity index (χ0v) is 15.0. The van der Waals surface area contributed by atoms with Crippen LogP contribution in [0.15, 0.2) is 59.4 Å². The normalized spacial score (nSPS) is 11.0. The predicted molar refractivity (Wildman–Crippen MR) is 104 cm³/mol. The number of rotatable bonds is 5. The molecule has 3 aromatic rings. The molecule has 1 N–H and O–H groups in total. The van der Waals surface area contributed by atoms with E-state index >= 15 is 0 Å². The molecular weight excluding hydrogens is 308 g/mol. The Morgan fingerprint density at radius 3 is 2.24 bits per heavy atom. The van der Waals surface area contributed by atoms with Gasteiger partial charge in [-0.15, -0.1) is 0 Å². The van der Waals surface area contributed by atoms with Gasteiger partial charge in [0.05, 0.1) is 11.4 Å². The van der Waals surface area contributed by atoms with Crippen molar-refractivity contribution in [2.45, 2.75) is 33.6 Å². The molecule has 0 fully saturated rings. The van der Waals surface area contributed by atoms with Crippen LogP contribution in [0.3, 0.4) is 0 Å². The third kappa shape index (κ3) is 3.87. The minimum Gasteiger partial charge on any atom is -0.319 e. The van der Waals surface area contributed by atoms with E-state index in [1.54, 1.807) is 0 Å². The molecule has 0 spiro atoms. The van der Waals surface area contributed by atoms with Gasteiger partial charge in [-0.2, -0.15) is 0 Å². The first-order valence-corrected chi connectivity index (χ1v) is 8.86. The molecule has 0 aliphatic rings. The Morgan fingerprint density at radius 2 is 1.64 bits per heavy atom. The number of H-pyrrole nitrogens is 1. The summed E-state index contributed by atoms with van der Waals surface area (Å²) in [6.45, 7) is 6.34. The molecule has 128 valence electrons. The van der Waals surface area contributed by atoms with Crippen LogP contribution in [0.1, 0.15) is 32.0 Å². The van der Waals surface area contributed by atoms with Crippen LogP contribution in [0, 0.1) is 5.92 Å². The van der Waals surface area contributed by atoms with Gasteiger partial charge in [-0.3, -0.25) is 4.79 Å². The third-order valence-electron chi connectivity index (χ3n) is 4.28. The molecule has 0 aliphatic heterocycles. The molecule has 3 heteroatoms. The summed E-state index contributed by atoms with van der Waals surface area (Å²) in [6.07, 6.45) is 1.67. The van der Waals surface area contributed by atoms with E-state index < -0.39 is 0 Å². The topological polar surface area (TPSA) is 45.8 Å². The fourth-order valence-corrected chi connectivity index (χ4v) is 2.93. The highest BCUT2D eigenvalue weighted by atomic mass is 16.1. The maximum absolute atomic E-state index is 12.5. The number of aromatic amines is 1. The number of aryl methyl sites for hydroxylation is 1. The summed E-state index contributed by atoms with van der Waals surface area (Å²) in [4.78, 5) is 20.4. The molecule has 0 atom stereocenters. The molecule has 0 bridgehead atoms. The molecule has 3 rings (SSSR count). The van der Waals surface area contributed by atoms with Gasteiger partial charge < -0.3 is 4.98 Å². The van der Waals surface area contributed by atoms with Crippen LogP contribution in [-0.4, -0.2) is 9.97 Å². The van der Waals surface area contributed by atoms with Crippen LogP contribution in [0.4, 0.5) is 0 Å². The highest BCUT2D eigenvalue weighted by molar-refractivity contribution is 5.77. The van der Waals surface area contributed by atoms with Crippen molar-refractivity contribution in [1.29, 1.82) is 0 Å². The van der Waals surface area contributed by atoms with Crippen molar-refractivity contribution in [1.82, 2.24) is 9.97 Å². The van der Waals surface area contributed by atoms with Crippen molar-refractivity contribution < 1.29 is 0 Å².